The molecule has 0 saturated carbocycles. The van der Waals surface area contributed by atoms with E-state index in [0.717, 1.165) is 57.8 Å². The van der Waals surface area contributed by atoms with Crippen LogP contribution >= 0.6 is 0 Å². The van der Waals surface area contributed by atoms with Crippen molar-refractivity contribution in [1.82, 2.24) is 5.32 Å². The molecule has 3 heterocycles. The summed E-state index contributed by atoms with van der Waals surface area (Å²) in [5.41, 5.74) is 0. The lowest BCUT2D eigenvalue weighted by Crippen LogP contribution is -2.66. The summed E-state index contributed by atoms with van der Waals surface area (Å²) in [5.74, 6) is -0.296. The number of unbranched alkanes of at least 4 members (excludes halogenated alkanes) is 19. The minimum Gasteiger partial charge on any atom is -0.394 e. The maximum Gasteiger partial charge on any atom is 0.220 e. The first kappa shape index (κ1) is 68.0. The van der Waals surface area contributed by atoms with Crippen LogP contribution in [0.2, 0.25) is 0 Å². The number of amides is 1. The third-order valence-electron chi connectivity index (χ3n) is 14.3. The van der Waals surface area contributed by atoms with Gasteiger partial charge < -0.3 is 89.9 Å². The molecule has 3 aliphatic heterocycles. The number of allylic oxidation sites excluding steroid dienone is 7. The van der Waals surface area contributed by atoms with Gasteiger partial charge in [-0.15, -0.1) is 0 Å². The summed E-state index contributed by atoms with van der Waals surface area (Å²) in [7, 11) is 0. The number of ether oxygens (including phenoxy) is 6. The van der Waals surface area contributed by atoms with Crippen LogP contribution in [0.3, 0.4) is 0 Å². The Hall–Kier alpha value is -2.25. The average molecular weight is 1090 g/mol. The van der Waals surface area contributed by atoms with Gasteiger partial charge in [0.25, 0.3) is 0 Å². The van der Waals surface area contributed by atoms with Crippen LogP contribution in [0.25, 0.3) is 0 Å². The fourth-order valence-electron chi connectivity index (χ4n) is 9.58. The molecule has 0 radical (unpaired) electrons. The van der Waals surface area contributed by atoms with E-state index in [2.05, 4.69) is 55.6 Å². The van der Waals surface area contributed by atoms with Gasteiger partial charge in [-0.3, -0.25) is 4.79 Å². The topological polar surface area (TPSA) is 307 Å². The molecule has 12 N–H and O–H groups in total. The minimum absolute atomic E-state index is 0.228. The number of carbonyl (C=O) groups is 1. The molecule has 0 spiro atoms. The first-order valence-electron chi connectivity index (χ1n) is 28.9. The summed E-state index contributed by atoms with van der Waals surface area (Å²) >= 11 is 0. The van der Waals surface area contributed by atoms with Crippen molar-refractivity contribution >= 4 is 5.91 Å². The molecule has 0 aliphatic carbocycles. The van der Waals surface area contributed by atoms with Crippen molar-refractivity contribution in [3.05, 3.63) is 48.6 Å². The zero-order valence-electron chi connectivity index (χ0n) is 45.7. The Bertz CT molecular complexity index is 1580. The molecule has 19 heteroatoms. The summed E-state index contributed by atoms with van der Waals surface area (Å²) in [6, 6.07) is -0.995. The molecule has 3 aliphatic rings. The molecule has 0 aromatic heterocycles. The Labute approximate surface area is 453 Å². The highest BCUT2D eigenvalue weighted by molar-refractivity contribution is 5.76. The lowest BCUT2D eigenvalue weighted by Gasteiger charge is -2.48. The fraction of sp³-hybridized carbons (Fsp3) is 0.842. The SMILES string of the molecule is CC/C=C/CC/C=C/CC/C=C/C(O)C(COC1OC(CO)C(OC2OC(CO)C(OC3OC(CO)C(O)C(O)C3O)C(O)C2O)C(O)C1O)NC(=O)CCCCCCCCCCC/C=C\CCCCCCCCCC. The molecule has 17 unspecified atom stereocenters. The van der Waals surface area contributed by atoms with Gasteiger partial charge in [-0.05, 0) is 64.2 Å². The van der Waals surface area contributed by atoms with Crippen molar-refractivity contribution in [3.63, 3.8) is 0 Å². The molecule has 19 nitrogen and oxygen atoms in total. The van der Waals surface area contributed by atoms with Crippen molar-refractivity contribution in [1.29, 1.82) is 0 Å². The van der Waals surface area contributed by atoms with Crippen molar-refractivity contribution in [2.24, 2.45) is 0 Å². The molecular formula is C57H101NO18. The average Bonchev–Trinajstić information content (AvgIpc) is 3.41. The van der Waals surface area contributed by atoms with E-state index in [1.54, 1.807) is 6.08 Å². The highest BCUT2D eigenvalue weighted by atomic mass is 16.8. The number of nitrogens with one attached hydrogen (secondary N) is 1. The van der Waals surface area contributed by atoms with Crippen molar-refractivity contribution in [2.75, 3.05) is 26.4 Å². The smallest absolute Gasteiger partial charge is 0.220 e. The quantitative estimate of drug-likeness (QED) is 0.0300. The second-order valence-electron chi connectivity index (χ2n) is 20.7. The Morgan fingerprint density at radius 2 is 0.882 bits per heavy atom. The molecule has 0 aromatic carbocycles. The van der Waals surface area contributed by atoms with Crippen LogP contribution in [0.5, 0.6) is 0 Å². The van der Waals surface area contributed by atoms with E-state index < -0.39 is 124 Å². The molecular weight excluding hydrogens is 987 g/mol. The highest BCUT2D eigenvalue weighted by Crippen LogP contribution is 2.33. The highest BCUT2D eigenvalue weighted by Gasteiger charge is 2.53. The summed E-state index contributed by atoms with van der Waals surface area (Å²) in [4.78, 5) is 13.3. The minimum atomic E-state index is -1.98. The molecule has 0 bridgehead atoms. The van der Waals surface area contributed by atoms with Gasteiger partial charge in [-0.2, -0.15) is 0 Å². The van der Waals surface area contributed by atoms with E-state index in [-0.39, 0.29) is 18.9 Å². The third kappa shape index (κ3) is 25.0. The normalized spacial score (nSPS) is 31.3. The van der Waals surface area contributed by atoms with Crippen molar-refractivity contribution in [2.45, 2.75) is 279 Å². The van der Waals surface area contributed by atoms with Crippen LogP contribution < -0.4 is 5.32 Å². The predicted molar refractivity (Wildman–Crippen MR) is 286 cm³/mol. The van der Waals surface area contributed by atoms with Gasteiger partial charge in [0.15, 0.2) is 18.9 Å². The van der Waals surface area contributed by atoms with E-state index in [0.29, 0.717) is 12.8 Å². The van der Waals surface area contributed by atoms with Gasteiger partial charge in [-0.25, -0.2) is 0 Å². The van der Waals surface area contributed by atoms with E-state index >= 15 is 0 Å². The van der Waals surface area contributed by atoms with Gasteiger partial charge >= 0.3 is 0 Å². The van der Waals surface area contributed by atoms with Crippen LogP contribution in [0, 0.1) is 0 Å². The molecule has 3 fully saturated rings. The third-order valence-corrected chi connectivity index (χ3v) is 14.3. The Morgan fingerprint density at radius 1 is 0.474 bits per heavy atom. The largest absolute Gasteiger partial charge is 0.394 e. The molecule has 0 aromatic rings. The number of carbonyl (C=O) groups excluding carboxylic acids is 1. The zero-order chi connectivity index (χ0) is 55.5. The lowest BCUT2D eigenvalue weighted by molar-refractivity contribution is -0.379. The molecule has 3 saturated heterocycles. The monoisotopic (exact) mass is 1090 g/mol. The summed E-state index contributed by atoms with van der Waals surface area (Å²) in [6.45, 7) is 1.54. The van der Waals surface area contributed by atoms with Gasteiger partial charge in [0.05, 0.1) is 38.6 Å². The second kappa shape index (κ2) is 40.9. The van der Waals surface area contributed by atoms with Crippen molar-refractivity contribution < 1.29 is 89.4 Å². The Morgan fingerprint density at radius 3 is 1.38 bits per heavy atom. The van der Waals surface area contributed by atoms with Crippen LogP contribution in [0.1, 0.15) is 174 Å². The first-order chi connectivity index (χ1) is 36.8. The lowest BCUT2D eigenvalue weighted by atomic mass is 9.96. The molecule has 1 amide bonds. The standard InChI is InChI=1S/C57H101NO18/c1-3-5-7-9-11-13-15-16-17-18-19-20-21-22-23-24-25-27-29-31-33-35-45(63)58-40(41(62)34-32-30-28-26-14-12-10-8-6-4-2)39-71-55-51(69)48(66)53(43(37-60)73-55)76-57-52(70)49(67)54(44(38-61)74-57)75-56-50(68)47(65)46(64)42(36-59)72-56/h6,8,14,18-19,26,32,34,40-44,46-57,59-62,64-70H,3-5,7,9-13,15-17,20-25,27-31,33,35-39H2,1-2H3,(H,58,63)/b8-6+,19-18-,26-14+,34-32+. The maximum atomic E-state index is 13.3. The Kier molecular flexibility index (Phi) is 36.6. The Balaban J connectivity index is 1.48. The molecule has 442 valence electrons. The van der Waals surface area contributed by atoms with Gasteiger partial charge in [0.1, 0.15) is 73.2 Å². The maximum absolute atomic E-state index is 13.3. The number of aliphatic hydroxyl groups is 11. The van der Waals surface area contributed by atoms with E-state index in [4.69, 9.17) is 28.4 Å². The zero-order valence-corrected chi connectivity index (χ0v) is 45.7. The van der Waals surface area contributed by atoms with Crippen molar-refractivity contribution in [3.8, 4) is 0 Å². The molecule has 17 atom stereocenters. The molecule has 76 heavy (non-hydrogen) atoms. The van der Waals surface area contributed by atoms with Crippen LogP contribution in [0.4, 0.5) is 0 Å². The van der Waals surface area contributed by atoms with Gasteiger partial charge in [0.2, 0.25) is 5.91 Å². The van der Waals surface area contributed by atoms with Crippen LogP contribution in [-0.2, 0) is 33.2 Å². The van der Waals surface area contributed by atoms with Crippen LogP contribution in [0.15, 0.2) is 48.6 Å². The first-order valence-corrected chi connectivity index (χ1v) is 28.9. The number of aliphatic hydroxyl groups excluding tert-OH is 11. The van der Waals surface area contributed by atoms with E-state index in [1.807, 2.05) is 6.08 Å². The number of hydrogen-bond acceptors (Lipinski definition) is 18. The second-order valence-corrected chi connectivity index (χ2v) is 20.7. The van der Waals surface area contributed by atoms with Gasteiger partial charge in [-0.1, -0.05) is 152 Å². The van der Waals surface area contributed by atoms with E-state index in [1.165, 1.54) is 83.5 Å². The summed E-state index contributed by atoms with van der Waals surface area (Å²) in [5, 5.41) is 120. The summed E-state index contributed by atoms with van der Waals surface area (Å²) in [6.07, 6.45) is 17.0. The van der Waals surface area contributed by atoms with Crippen LogP contribution in [-0.4, -0.2) is 193 Å². The number of hydrogen-bond donors (Lipinski definition) is 12. The fourth-order valence-corrected chi connectivity index (χ4v) is 9.58. The van der Waals surface area contributed by atoms with E-state index in [9.17, 15) is 61.0 Å². The molecule has 3 rings (SSSR count). The van der Waals surface area contributed by atoms with Gasteiger partial charge in [0, 0.05) is 6.42 Å². The predicted octanol–water partition coefficient (Wildman–Crippen LogP) is 4.31. The summed E-state index contributed by atoms with van der Waals surface area (Å²) < 4.78 is 34.1. The number of rotatable bonds is 41.